The molecule has 1 saturated heterocycles. The first-order chi connectivity index (χ1) is 9.10. The zero-order chi connectivity index (χ0) is 13.8. The molecule has 0 saturated carbocycles. The summed E-state index contributed by atoms with van der Waals surface area (Å²) in [6.45, 7) is 0.0658. The van der Waals surface area contributed by atoms with E-state index in [9.17, 15) is 9.18 Å². The molecule has 1 amide bonds. The summed E-state index contributed by atoms with van der Waals surface area (Å²) < 4.78 is 19.3. The van der Waals surface area contributed by atoms with Crippen LogP contribution in [-0.2, 0) is 0 Å². The van der Waals surface area contributed by atoms with E-state index in [-0.39, 0.29) is 13.1 Å². The van der Waals surface area contributed by atoms with E-state index in [4.69, 9.17) is 15.1 Å². The van der Waals surface area contributed by atoms with Gasteiger partial charge in [-0.3, -0.25) is 0 Å². The number of nitriles is 1. The molecular formula is C13H13FN2O3. The van der Waals surface area contributed by atoms with E-state index in [1.54, 1.807) is 18.2 Å². The van der Waals surface area contributed by atoms with Crippen LogP contribution in [0.25, 0.3) is 0 Å². The largest absolute Gasteiger partial charge is 0.487 e. The van der Waals surface area contributed by atoms with Crippen molar-refractivity contribution >= 4 is 6.09 Å². The number of rotatable bonds is 2. The molecule has 1 N–H and O–H groups in total. The molecule has 0 aliphatic carbocycles. The minimum atomic E-state index is -1.37. The van der Waals surface area contributed by atoms with Crippen molar-refractivity contribution in [3.8, 4) is 11.8 Å². The molecule has 2 atom stereocenters. The van der Waals surface area contributed by atoms with Gasteiger partial charge in [0.25, 0.3) is 0 Å². The lowest BCUT2D eigenvalue weighted by atomic mass is 10.1. The van der Waals surface area contributed by atoms with Gasteiger partial charge < -0.3 is 14.7 Å². The highest BCUT2D eigenvalue weighted by Gasteiger charge is 2.32. The molecule has 19 heavy (non-hydrogen) atoms. The fraction of sp³-hybridized carbons (Fsp3) is 0.385. The number of carbonyl (C=O) groups is 1. The lowest BCUT2D eigenvalue weighted by Gasteiger charge is -2.33. The van der Waals surface area contributed by atoms with Crippen molar-refractivity contribution in [2.24, 2.45) is 0 Å². The average Bonchev–Trinajstić information content (AvgIpc) is 2.41. The zero-order valence-electron chi connectivity index (χ0n) is 10.1. The fourth-order valence-electron chi connectivity index (χ4n) is 2.00. The monoisotopic (exact) mass is 264 g/mol. The molecule has 1 heterocycles. The number of alkyl halides is 1. The number of benzene rings is 1. The molecule has 0 spiro atoms. The number of hydrogen-bond donors (Lipinski definition) is 1. The van der Waals surface area contributed by atoms with Gasteiger partial charge in [0.1, 0.15) is 11.9 Å². The first kappa shape index (κ1) is 13.1. The van der Waals surface area contributed by atoms with E-state index in [1.807, 2.05) is 6.07 Å². The molecule has 1 aromatic carbocycles. The van der Waals surface area contributed by atoms with Crippen molar-refractivity contribution in [2.45, 2.75) is 18.7 Å². The third-order valence-corrected chi connectivity index (χ3v) is 3.00. The summed E-state index contributed by atoms with van der Waals surface area (Å²) in [4.78, 5) is 11.8. The smallest absolute Gasteiger partial charge is 0.407 e. The van der Waals surface area contributed by atoms with Crippen LogP contribution in [0.2, 0.25) is 0 Å². The van der Waals surface area contributed by atoms with Crippen molar-refractivity contribution in [3.63, 3.8) is 0 Å². The van der Waals surface area contributed by atoms with Crippen LogP contribution in [0.4, 0.5) is 9.18 Å². The lowest BCUT2D eigenvalue weighted by Crippen LogP contribution is -2.48. The van der Waals surface area contributed by atoms with Crippen LogP contribution in [0.1, 0.15) is 12.0 Å². The SMILES string of the molecule is N#Cc1cccc(O[C@H]2CCN(C(=O)O)C[C@H]2F)c1. The Morgan fingerprint density at radius 1 is 1.58 bits per heavy atom. The Balaban J connectivity index is 2.00. The number of halogens is 1. The third kappa shape index (κ3) is 3.13. The number of likely N-dealkylation sites (tertiary alicyclic amines) is 1. The van der Waals surface area contributed by atoms with Gasteiger partial charge in [0, 0.05) is 13.0 Å². The highest BCUT2D eigenvalue weighted by Crippen LogP contribution is 2.22. The highest BCUT2D eigenvalue weighted by atomic mass is 19.1. The molecule has 1 aliphatic rings. The summed E-state index contributed by atoms with van der Waals surface area (Å²) in [5, 5.41) is 17.5. The minimum Gasteiger partial charge on any atom is -0.487 e. The molecule has 2 rings (SSSR count). The molecule has 1 fully saturated rings. The summed E-state index contributed by atoms with van der Waals surface area (Å²) >= 11 is 0. The molecule has 100 valence electrons. The van der Waals surface area contributed by atoms with E-state index in [0.29, 0.717) is 17.7 Å². The normalized spacial score (nSPS) is 22.6. The second kappa shape index (κ2) is 5.57. The van der Waals surface area contributed by atoms with E-state index < -0.39 is 18.4 Å². The molecule has 0 bridgehead atoms. The fourth-order valence-corrected chi connectivity index (χ4v) is 2.00. The van der Waals surface area contributed by atoms with Crippen molar-refractivity contribution in [3.05, 3.63) is 29.8 Å². The Hall–Kier alpha value is -2.29. The number of ether oxygens (including phenoxy) is 1. The van der Waals surface area contributed by atoms with Crippen LogP contribution in [-0.4, -0.2) is 41.5 Å². The molecule has 0 aromatic heterocycles. The maximum Gasteiger partial charge on any atom is 0.407 e. The highest BCUT2D eigenvalue weighted by molar-refractivity contribution is 5.65. The number of amides is 1. The van der Waals surface area contributed by atoms with E-state index in [2.05, 4.69) is 0 Å². The van der Waals surface area contributed by atoms with Gasteiger partial charge in [0.15, 0.2) is 6.17 Å². The molecule has 5 nitrogen and oxygen atoms in total. The molecular weight excluding hydrogens is 251 g/mol. The Morgan fingerprint density at radius 3 is 3.00 bits per heavy atom. The summed E-state index contributed by atoms with van der Waals surface area (Å²) in [5.41, 5.74) is 0.441. The van der Waals surface area contributed by atoms with Gasteiger partial charge >= 0.3 is 6.09 Å². The van der Waals surface area contributed by atoms with Crippen molar-refractivity contribution < 1.29 is 19.0 Å². The Labute approximate surface area is 109 Å². The van der Waals surface area contributed by atoms with E-state index in [1.165, 1.54) is 6.07 Å². The first-order valence-corrected chi connectivity index (χ1v) is 5.89. The standard InChI is InChI=1S/C13H13FN2O3/c14-11-8-16(13(17)18)5-4-12(11)19-10-3-1-2-9(6-10)7-15/h1-3,6,11-12H,4-5,8H2,(H,17,18)/t11-,12+/m1/s1. The molecule has 1 aliphatic heterocycles. The van der Waals surface area contributed by atoms with Gasteiger partial charge in [-0.25, -0.2) is 9.18 Å². The second-order valence-corrected chi connectivity index (χ2v) is 4.33. The van der Waals surface area contributed by atoms with Gasteiger partial charge in [-0.05, 0) is 18.2 Å². The van der Waals surface area contributed by atoms with Gasteiger partial charge in [-0.2, -0.15) is 5.26 Å². The summed E-state index contributed by atoms with van der Waals surface area (Å²) in [5.74, 6) is 0.426. The minimum absolute atomic E-state index is 0.183. The number of piperidine rings is 1. The van der Waals surface area contributed by atoms with Gasteiger partial charge in [0.2, 0.25) is 0 Å². The van der Waals surface area contributed by atoms with Gasteiger partial charge in [0.05, 0.1) is 18.2 Å². The van der Waals surface area contributed by atoms with Crippen LogP contribution in [0.3, 0.4) is 0 Å². The quantitative estimate of drug-likeness (QED) is 0.886. The summed E-state index contributed by atoms with van der Waals surface area (Å²) in [6, 6.07) is 8.46. The van der Waals surface area contributed by atoms with Crippen molar-refractivity contribution in [1.82, 2.24) is 4.90 Å². The van der Waals surface area contributed by atoms with Crippen LogP contribution >= 0.6 is 0 Å². The predicted molar refractivity (Wildman–Crippen MR) is 64.7 cm³/mol. The maximum atomic E-state index is 13.8. The molecule has 0 unspecified atom stereocenters. The zero-order valence-corrected chi connectivity index (χ0v) is 10.1. The van der Waals surface area contributed by atoms with E-state index >= 15 is 0 Å². The Kier molecular flexibility index (Phi) is 3.85. The van der Waals surface area contributed by atoms with Gasteiger partial charge in [-0.15, -0.1) is 0 Å². The summed E-state index contributed by atoms with van der Waals surface area (Å²) in [6.07, 6.45) is -2.86. The number of nitrogens with zero attached hydrogens (tertiary/aromatic N) is 2. The lowest BCUT2D eigenvalue weighted by molar-refractivity contribution is 0.0249. The van der Waals surface area contributed by atoms with E-state index in [0.717, 1.165) is 4.90 Å². The first-order valence-electron chi connectivity index (χ1n) is 5.89. The molecule has 0 radical (unpaired) electrons. The Bertz CT molecular complexity index is 515. The van der Waals surface area contributed by atoms with Gasteiger partial charge in [-0.1, -0.05) is 6.07 Å². The molecule has 6 heteroatoms. The summed E-state index contributed by atoms with van der Waals surface area (Å²) in [7, 11) is 0. The number of carboxylic acid groups (broad SMARTS) is 1. The van der Waals surface area contributed by atoms with Crippen molar-refractivity contribution in [2.75, 3.05) is 13.1 Å². The Morgan fingerprint density at radius 2 is 2.37 bits per heavy atom. The predicted octanol–water partition coefficient (Wildman–Crippen LogP) is 2.03. The maximum absolute atomic E-state index is 13.8. The molecule has 1 aromatic rings. The van der Waals surface area contributed by atoms with Crippen LogP contribution in [0.15, 0.2) is 24.3 Å². The topological polar surface area (TPSA) is 73.6 Å². The average molecular weight is 264 g/mol. The second-order valence-electron chi connectivity index (χ2n) is 4.33. The van der Waals surface area contributed by atoms with Crippen LogP contribution in [0, 0.1) is 11.3 Å². The third-order valence-electron chi connectivity index (χ3n) is 3.00. The van der Waals surface area contributed by atoms with Crippen molar-refractivity contribution in [1.29, 1.82) is 5.26 Å². The van der Waals surface area contributed by atoms with Crippen LogP contribution < -0.4 is 4.74 Å². The van der Waals surface area contributed by atoms with Crippen LogP contribution in [0.5, 0.6) is 5.75 Å². The number of hydrogen-bond acceptors (Lipinski definition) is 3.